The highest BCUT2D eigenvalue weighted by atomic mass is 16.1. The number of hydrogen-bond donors (Lipinski definition) is 2. The standard InChI is InChI=1S/C26H25N3O/c1-16-14-28-25(18-7-4-3-5-8-18)24(16)17(2)22-15-27-23-13-19(11-12-21(22)23)26(30)29-20-9-6-10-20/h3-5,7-8,11-13,15,20,27H,2,6,9-10,14H2,1H3,(H,29,30). The molecule has 4 nitrogen and oxygen atoms in total. The topological polar surface area (TPSA) is 57.2 Å². The van der Waals surface area contributed by atoms with Crippen LogP contribution in [0.2, 0.25) is 0 Å². The van der Waals surface area contributed by atoms with Crippen molar-refractivity contribution in [3.05, 3.63) is 89.1 Å². The molecule has 2 aromatic carbocycles. The van der Waals surface area contributed by atoms with Crippen molar-refractivity contribution in [1.29, 1.82) is 0 Å². The second kappa shape index (κ2) is 7.45. The molecule has 0 atom stereocenters. The Labute approximate surface area is 176 Å². The van der Waals surface area contributed by atoms with E-state index in [0.717, 1.165) is 51.7 Å². The smallest absolute Gasteiger partial charge is 0.251 e. The molecule has 1 saturated carbocycles. The van der Waals surface area contributed by atoms with Crippen molar-refractivity contribution in [2.24, 2.45) is 4.99 Å². The van der Waals surface area contributed by atoms with Crippen LogP contribution in [-0.4, -0.2) is 29.2 Å². The molecule has 150 valence electrons. The van der Waals surface area contributed by atoms with Crippen LogP contribution in [0.5, 0.6) is 0 Å². The monoisotopic (exact) mass is 395 g/mol. The molecule has 0 radical (unpaired) electrons. The summed E-state index contributed by atoms with van der Waals surface area (Å²) in [6, 6.07) is 16.5. The van der Waals surface area contributed by atoms with Crippen molar-refractivity contribution in [2.45, 2.75) is 32.2 Å². The van der Waals surface area contributed by atoms with Crippen LogP contribution in [0.3, 0.4) is 0 Å². The first-order valence-corrected chi connectivity index (χ1v) is 10.5. The Hall–Kier alpha value is -3.40. The number of aromatic nitrogens is 1. The number of rotatable bonds is 5. The Kier molecular flexibility index (Phi) is 4.62. The first-order valence-electron chi connectivity index (χ1n) is 10.5. The molecule has 0 spiro atoms. The first kappa shape index (κ1) is 18.6. The van der Waals surface area contributed by atoms with E-state index >= 15 is 0 Å². The quantitative estimate of drug-likeness (QED) is 0.606. The van der Waals surface area contributed by atoms with Gasteiger partial charge in [0.05, 0.1) is 12.3 Å². The molecule has 1 fully saturated rings. The van der Waals surface area contributed by atoms with Gasteiger partial charge in [-0.1, -0.05) is 43.0 Å². The Morgan fingerprint density at radius 2 is 1.97 bits per heavy atom. The van der Waals surface area contributed by atoms with Crippen molar-refractivity contribution < 1.29 is 4.79 Å². The molecule has 2 heterocycles. The number of carbonyl (C=O) groups excluding carboxylic acids is 1. The molecule has 0 saturated heterocycles. The number of nitrogens with zero attached hydrogens (tertiary/aromatic N) is 1. The van der Waals surface area contributed by atoms with Crippen LogP contribution in [0.1, 0.15) is 47.7 Å². The van der Waals surface area contributed by atoms with Gasteiger partial charge in [-0.2, -0.15) is 0 Å². The number of fused-ring (bicyclic) bond motifs is 1. The minimum atomic E-state index is 0.00409. The molecular formula is C26H25N3O. The van der Waals surface area contributed by atoms with Gasteiger partial charge in [0.15, 0.2) is 0 Å². The zero-order valence-corrected chi connectivity index (χ0v) is 17.2. The van der Waals surface area contributed by atoms with E-state index in [4.69, 9.17) is 4.99 Å². The lowest BCUT2D eigenvalue weighted by Gasteiger charge is -2.26. The fourth-order valence-electron chi connectivity index (χ4n) is 4.26. The largest absolute Gasteiger partial charge is 0.361 e. The van der Waals surface area contributed by atoms with Crippen molar-refractivity contribution in [3.8, 4) is 0 Å². The summed E-state index contributed by atoms with van der Waals surface area (Å²) in [5.74, 6) is 0.00409. The van der Waals surface area contributed by atoms with E-state index in [-0.39, 0.29) is 5.91 Å². The van der Waals surface area contributed by atoms with E-state index in [9.17, 15) is 4.79 Å². The van der Waals surface area contributed by atoms with Crippen LogP contribution in [-0.2, 0) is 0 Å². The summed E-state index contributed by atoms with van der Waals surface area (Å²) in [6.07, 6.45) is 5.36. The number of allylic oxidation sites excluding steroid dienone is 2. The summed E-state index contributed by atoms with van der Waals surface area (Å²) in [5.41, 5.74) is 8.11. The lowest BCUT2D eigenvalue weighted by molar-refractivity contribution is 0.0917. The van der Waals surface area contributed by atoms with Gasteiger partial charge in [0.25, 0.3) is 5.91 Å². The second-order valence-electron chi connectivity index (χ2n) is 8.23. The van der Waals surface area contributed by atoms with Crippen molar-refractivity contribution in [1.82, 2.24) is 10.3 Å². The van der Waals surface area contributed by atoms with Crippen LogP contribution >= 0.6 is 0 Å². The number of benzene rings is 2. The zero-order valence-electron chi connectivity index (χ0n) is 17.2. The molecule has 1 amide bonds. The number of aliphatic imine (C=N–C) groups is 1. The van der Waals surface area contributed by atoms with Crippen molar-refractivity contribution >= 4 is 28.1 Å². The van der Waals surface area contributed by atoms with E-state index in [1.54, 1.807) is 0 Å². The average molecular weight is 396 g/mol. The fourth-order valence-corrected chi connectivity index (χ4v) is 4.26. The molecule has 4 heteroatoms. The molecule has 1 aliphatic heterocycles. The van der Waals surface area contributed by atoms with Gasteiger partial charge in [0.1, 0.15) is 0 Å². The Morgan fingerprint density at radius 1 is 1.17 bits per heavy atom. The summed E-state index contributed by atoms with van der Waals surface area (Å²) in [5, 5.41) is 4.18. The fraction of sp³-hybridized carbons (Fsp3) is 0.231. The Balaban J connectivity index is 1.46. The molecule has 5 rings (SSSR count). The highest BCUT2D eigenvalue weighted by molar-refractivity contribution is 6.24. The summed E-state index contributed by atoms with van der Waals surface area (Å²) in [7, 11) is 0. The summed E-state index contributed by atoms with van der Waals surface area (Å²) >= 11 is 0. The third kappa shape index (κ3) is 3.18. The first-order chi connectivity index (χ1) is 14.6. The van der Waals surface area contributed by atoms with Gasteiger partial charge in [0.2, 0.25) is 0 Å². The van der Waals surface area contributed by atoms with Gasteiger partial charge in [-0.15, -0.1) is 0 Å². The number of hydrogen-bond acceptors (Lipinski definition) is 2. The third-order valence-corrected chi connectivity index (χ3v) is 6.20. The van der Waals surface area contributed by atoms with Gasteiger partial charge in [0, 0.05) is 45.4 Å². The number of carbonyl (C=O) groups is 1. The highest BCUT2D eigenvalue weighted by Gasteiger charge is 2.24. The van der Waals surface area contributed by atoms with Crippen LogP contribution < -0.4 is 5.32 Å². The van der Waals surface area contributed by atoms with E-state index in [1.807, 2.05) is 42.6 Å². The number of H-pyrrole nitrogens is 1. The summed E-state index contributed by atoms with van der Waals surface area (Å²) in [4.78, 5) is 20.6. The second-order valence-corrected chi connectivity index (χ2v) is 8.23. The Bertz CT molecular complexity index is 1210. The molecule has 30 heavy (non-hydrogen) atoms. The minimum Gasteiger partial charge on any atom is -0.361 e. The van der Waals surface area contributed by atoms with Crippen LogP contribution in [0.25, 0.3) is 16.5 Å². The summed E-state index contributed by atoms with van der Waals surface area (Å²) < 4.78 is 0. The molecule has 1 aliphatic carbocycles. The van der Waals surface area contributed by atoms with Gasteiger partial charge >= 0.3 is 0 Å². The van der Waals surface area contributed by atoms with Crippen molar-refractivity contribution in [3.63, 3.8) is 0 Å². The molecule has 2 aliphatic rings. The molecule has 3 aromatic rings. The maximum Gasteiger partial charge on any atom is 0.251 e. The Morgan fingerprint density at radius 3 is 2.70 bits per heavy atom. The minimum absolute atomic E-state index is 0.00409. The number of nitrogens with one attached hydrogen (secondary N) is 2. The van der Waals surface area contributed by atoms with E-state index in [0.29, 0.717) is 18.2 Å². The van der Waals surface area contributed by atoms with Crippen LogP contribution in [0.4, 0.5) is 0 Å². The molecule has 1 aromatic heterocycles. The SMILES string of the molecule is C=C(C1=C(C)CN=C1c1ccccc1)c1c[nH]c2cc(C(=O)NC3CCC3)ccc12. The van der Waals surface area contributed by atoms with E-state index in [1.165, 1.54) is 12.0 Å². The molecular weight excluding hydrogens is 370 g/mol. The third-order valence-electron chi connectivity index (χ3n) is 6.20. The summed E-state index contributed by atoms with van der Waals surface area (Å²) in [6.45, 7) is 7.26. The maximum absolute atomic E-state index is 12.5. The van der Waals surface area contributed by atoms with E-state index in [2.05, 4.69) is 35.9 Å². The lowest BCUT2D eigenvalue weighted by atomic mass is 9.90. The predicted molar refractivity (Wildman–Crippen MR) is 123 cm³/mol. The van der Waals surface area contributed by atoms with Gasteiger partial charge in [-0.25, -0.2) is 0 Å². The lowest BCUT2D eigenvalue weighted by Crippen LogP contribution is -2.39. The van der Waals surface area contributed by atoms with Gasteiger partial charge in [-0.3, -0.25) is 9.79 Å². The zero-order chi connectivity index (χ0) is 20.7. The van der Waals surface area contributed by atoms with Gasteiger partial charge in [-0.05, 0) is 49.5 Å². The van der Waals surface area contributed by atoms with Gasteiger partial charge < -0.3 is 10.3 Å². The molecule has 0 bridgehead atoms. The molecule has 2 N–H and O–H groups in total. The van der Waals surface area contributed by atoms with E-state index < -0.39 is 0 Å². The average Bonchev–Trinajstić information content (AvgIpc) is 3.34. The normalized spacial score (nSPS) is 16.5. The molecule has 0 unspecified atom stereocenters. The van der Waals surface area contributed by atoms with Crippen LogP contribution in [0, 0.1) is 0 Å². The maximum atomic E-state index is 12.5. The number of amides is 1. The number of aromatic amines is 1. The predicted octanol–water partition coefficient (Wildman–Crippen LogP) is 5.28. The van der Waals surface area contributed by atoms with Crippen molar-refractivity contribution in [2.75, 3.05) is 6.54 Å². The van der Waals surface area contributed by atoms with Crippen LogP contribution in [0.15, 0.2) is 77.4 Å². The highest BCUT2D eigenvalue weighted by Crippen LogP contribution is 2.35.